The van der Waals surface area contributed by atoms with Gasteiger partial charge in [-0.15, -0.1) is 0 Å². The molecule has 1 aromatic carbocycles. The molecule has 1 aliphatic rings. The molecule has 1 saturated heterocycles. The summed E-state index contributed by atoms with van der Waals surface area (Å²) in [5.41, 5.74) is 1.29. The molecular weight excluding hydrogens is 406 g/mol. The number of carbonyl (C=O) groups is 2. The minimum atomic E-state index is -0.494. The van der Waals surface area contributed by atoms with Crippen LogP contribution in [0.1, 0.15) is 69.3 Å². The zero-order valence-corrected chi connectivity index (χ0v) is 20.0. The maximum atomic E-state index is 12.6. The summed E-state index contributed by atoms with van der Waals surface area (Å²) >= 11 is 0. The Morgan fingerprint density at radius 3 is 2.28 bits per heavy atom. The summed E-state index contributed by atoms with van der Waals surface area (Å²) in [4.78, 5) is 30.8. The van der Waals surface area contributed by atoms with Gasteiger partial charge in [-0.25, -0.2) is 9.79 Å². The first kappa shape index (κ1) is 25.5. The predicted octanol–water partition coefficient (Wildman–Crippen LogP) is 3.28. The molecular formula is C24H39N5O3. The molecule has 0 radical (unpaired) electrons. The van der Waals surface area contributed by atoms with E-state index in [4.69, 9.17) is 4.74 Å². The number of piperidine rings is 1. The topological polar surface area (TPSA) is 95.1 Å². The van der Waals surface area contributed by atoms with Crippen molar-refractivity contribution in [1.82, 2.24) is 20.9 Å². The van der Waals surface area contributed by atoms with Crippen molar-refractivity contribution in [1.29, 1.82) is 0 Å². The number of aliphatic imine (C=N–C) groups is 1. The molecule has 8 heteroatoms. The zero-order chi connectivity index (χ0) is 23.4. The van der Waals surface area contributed by atoms with Crippen molar-refractivity contribution >= 4 is 18.0 Å². The summed E-state index contributed by atoms with van der Waals surface area (Å²) < 4.78 is 5.22. The molecule has 0 aromatic heterocycles. The molecule has 8 nitrogen and oxygen atoms in total. The van der Waals surface area contributed by atoms with Gasteiger partial charge in [-0.1, -0.05) is 12.1 Å². The summed E-state index contributed by atoms with van der Waals surface area (Å²) in [5.74, 6) is 0.841. The molecule has 0 spiro atoms. The van der Waals surface area contributed by atoms with E-state index in [0.29, 0.717) is 19.6 Å². The van der Waals surface area contributed by atoms with Crippen LogP contribution in [0.5, 0.6) is 0 Å². The van der Waals surface area contributed by atoms with Gasteiger partial charge in [0.05, 0.1) is 6.54 Å². The Kier molecular flexibility index (Phi) is 10.3. The van der Waals surface area contributed by atoms with Crippen molar-refractivity contribution in [3.05, 3.63) is 35.4 Å². The first-order valence-electron chi connectivity index (χ1n) is 11.7. The van der Waals surface area contributed by atoms with Gasteiger partial charge in [0.25, 0.3) is 5.91 Å². The molecule has 0 saturated carbocycles. The third-order valence-corrected chi connectivity index (χ3v) is 4.92. The van der Waals surface area contributed by atoms with E-state index in [2.05, 4.69) is 20.9 Å². The van der Waals surface area contributed by atoms with E-state index in [1.165, 1.54) is 6.42 Å². The second-order valence-corrected chi connectivity index (χ2v) is 8.95. The number of likely N-dealkylation sites (tertiary alicyclic amines) is 1. The average Bonchev–Trinajstić information content (AvgIpc) is 2.76. The maximum Gasteiger partial charge on any atom is 0.407 e. The molecule has 0 aliphatic carbocycles. The van der Waals surface area contributed by atoms with Crippen molar-refractivity contribution in [3.8, 4) is 0 Å². The Morgan fingerprint density at radius 2 is 1.66 bits per heavy atom. The number of rotatable bonds is 8. The number of nitrogens with zero attached hydrogens (tertiary/aromatic N) is 2. The number of hydrogen-bond donors (Lipinski definition) is 3. The first-order chi connectivity index (χ1) is 15.3. The molecule has 1 aliphatic heterocycles. The molecule has 1 heterocycles. The number of alkyl carbamates (subject to hydrolysis) is 1. The molecule has 0 unspecified atom stereocenters. The Bertz CT molecular complexity index is 750. The van der Waals surface area contributed by atoms with Crippen molar-refractivity contribution in [2.75, 3.05) is 32.7 Å². The van der Waals surface area contributed by atoms with Crippen LogP contribution >= 0.6 is 0 Å². The van der Waals surface area contributed by atoms with E-state index in [1.54, 1.807) is 0 Å². The van der Waals surface area contributed by atoms with Crippen LogP contribution in [0.2, 0.25) is 0 Å². The van der Waals surface area contributed by atoms with Gasteiger partial charge in [0.15, 0.2) is 5.96 Å². The van der Waals surface area contributed by atoms with Gasteiger partial charge in [0.1, 0.15) is 5.60 Å². The lowest BCUT2D eigenvalue weighted by Gasteiger charge is -2.26. The minimum Gasteiger partial charge on any atom is -0.444 e. The first-order valence-corrected chi connectivity index (χ1v) is 11.7. The van der Waals surface area contributed by atoms with Crippen LogP contribution in [0.25, 0.3) is 0 Å². The fourth-order valence-corrected chi connectivity index (χ4v) is 3.34. The summed E-state index contributed by atoms with van der Waals surface area (Å²) in [6, 6.07) is 7.72. The van der Waals surface area contributed by atoms with Gasteiger partial charge in [-0.2, -0.15) is 0 Å². The van der Waals surface area contributed by atoms with E-state index in [1.807, 2.05) is 56.9 Å². The largest absolute Gasteiger partial charge is 0.444 e. The smallest absolute Gasteiger partial charge is 0.407 e. The third-order valence-electron chi connectivity index (χ3n) is 4.92. The number of benzene rings is 1. The van der Waals surface area contributed by atoms with E-state index < -0.39 is 11.7 Å². The Hall–Kier alpha value is -2.77. The van der Waals surface area contributed by atoms with E-state index in [9.17, 15) is 9.59 Å². The molecule has 1 fully saturated rings. The number of guanidine groups is 1. The highest BCUT2D eigenvalue weighted by molar-refractivity contribution is 5.94. The summed E-state index contributed by atoms with van der Waals surface area (Å²) in [7, 11) is 0. The van der Waals surface area contributed by atoms with Gasteiger partial charge in [0.2, 0.25) is 0 Å². The van der Waals surface area contributed by atoms with E-state index in [-0.39, 0.29) is 5.91 Å². The maximum absolute atomic E-state index is 12.6. The fraction of sp³-hybridized carbons (Fsp3) is 0.625. The minimum absolute atomic E-state index is 0.120. The van der Waals surface area contributed by atoms with Crippen LogP contribution in [0.15, 0.2) is 29.3 Å². The van der Waals surface area contributed by atoms with Crippen molar-refractivity contribution in [2.45, 2.75) is 65.5 Å². The lowest BCUT2D eigenvalue weighted by atomic mass is 10.1. The Balaban J connectivity index is 1.77. The zero-order valence-electron chi connectivity index (χ0n) is 20.0. The van der Waals surface area contributed by atoms with Crippen LogP contribution in [-0.2, 0) is 11.3 Å². The molecule has 178 valence electrons. The molecule has 2 amide bonds. The number of amides is 2. The van der Waals surface area contributed by atoms with Crippen LogP contribution in [0.4, 0.5) is 4.79 Å². The fourth-order valence-electron chi connectivity index (χ4n) is 3.34. The number of ether oxygens (including phenoxy) is 1. The highest BCUT2D eigenvalue weighted by atomic mass is 16.6. The second-order valence-electron chi connectivity index (χ2n) is 8.95. The van der Waals surface area contributed by atoms with Crippen LogP contribution in [0, 0.1) is 0 Å². The number of nitrogens with one attached hydrogen (secondary N) is 3. The van der Waals surface area contributed by atoms with Crippen LogP contribution in [-0.4, -0.2) is 61.2 Å². The predicted molar refractivity (Wildman–Crippen MR) is 128 cm³/mol. The van der Waals surface area contributed by atoms with Gasteiger partial charge in [-0.3, -0.25) is 4.79 Å². The van der Waals surface area contributed by atoms with Crippen LogP contribution < -0.4 is 16.0 Å². The second kappa shape index (κ2) is 12.9. The van der Waals surface area contributed by atoms with Gasteiger partial charge >= 0.3 is 6.09 Å². The lowest BCUT2D eigenvalue weighted by molar-refractivity contribution is 0.0527. The molecule has 0 bridgehead atoms. The Labute approximate surface area is 192 Å². The molecule has 1 aromatic rings. The quantitative estimate of drug-likeness (QED) is 0.324. The summed E-state index contributed by atoms with van der Waals surface area (Å²) in [5, 5.41) is 9.24. The van der Waals surface area contributed by atoms with Crippen molar-refractivity contribution in [3.63, 3.8) is 0 Å². The van der Waals surface area contributed by atoms with Gasteiger partial charge in [-0.05, 0) is 71.1 Å². The standard InChI is InChI=1S/C24H39N5O3/c1-5-25-22(26-14-9-15-27-23(31)32-24(2,3)4)28-18-19-10-12-20(13-11-19)21(30)29-16-7-6-8-17-29/h10-13H,5-9,14-18H2,1-4H3,(H,27,31)(H2,25,26,28). The Morgan fingerprint density at radius 1 is 1.00 bits per heavy atom. The summed E-state index contributed by atoms with van der Waals surface area (Å²) in [6.45, 7) is 11.7. The van der Waals surface area contributed by atoms with E-state index in [0.717, 1.165) is 56.0 Å². The average molecular weight is 446 g/mol. The SMILES string of the molecule is CCNC(=NCc1ccc(C(=O)N2CCCCC2)cc1)NCCCNC(=O)OC(C)(C)C. The van der Waals surface area contributed by atoms with Gasteiger partial charge in [0, 0.05) is 38.3 Å². The highest BCUT2D eigenvalue weighted by Crippen LogP contribution is 2.14. The van der Waals surface area contributed by atoms with Crippen molar-refractivity contribution < 1.29 is 14.3 Å². The molecule has 3 N–H and O–H groups in total. The highest BCUT2D eigenvalue weighted by Gasteiger charge is 2.18. The molecule has 32 heavy (non-hydrogen) atoms. The van der Waals surface area contributed by atoms with Gasteiger partial charge < -0.3 is 25.6 Å². The normalized spacial score (nSPS) is 14.6. The summed E-state index contributed by atoms with van der Waals surface area (Å²) in [6.07, 6.45) is 3.74. The van der Waals surface area contributed by atoms with E-state index >= 15 is 0 Å². The third kappa shape index (κ3) is 9.58. The monoisotopic (exact) mass is 445 g/mol. The lowest BCUT2D eigenvalue weighted by Crippen LogP contribution is -2.39. The number of hydrogen-bond acceptors (Lipinski definition) is 4. The van der Waals surface area contributed by atoms with Crippen LogP contribution in [0.3, 0.4) is 0 Å². The molecule has 0 atom stereocenters. The number of carbonyl (C=O) groups excluding carboxylic acids is 2. The van der Waals surface area contributed by atoms with Crippen molar-refractivity contribution in [2.24, 2.45) is 4.99 Å². The molecule has 2 rings (SSSR count).